The molecule has 1 aromatic rings. The lowest BCUT2D eigenvalue weighted by Gasteiger charge is -2.37. The summed E-state index contributed by atoms with van der Waals surface area (Å²) in [5.41, 5.74) is 5.84. The Bertz CT molecular complexity index is 504. The van der Waals surface area contributed by atoms with Gasteiger partial charge in [0.25, 0.3) is 5.91 Å². The van der Waals surface area contributed by atoms with Gasteiger partial charge in [0.05, 0.1) is 5.56 Å². The van der Waals surface area contributed by atoms with E-state index in [2.05, 4.69) is 13.8 Å². The second-order valence-electron chi connectivity index (χ2n) is 5.81. The number of anilines is 1. The first-order chi connectivity index (χ1) is 8.80. The Morgan fingerprint density at radius 1 is 1.21 bits per heavy atom. The molecule has 0 aliphatic carbocycles. The number of benzene rings is 1. The SMILES string of the molecule is CC1(C)CCN(C(=O)c2cc(F)c(F)cc2N)CC1. The highest BCUT2D eigenvalue weighted by Crippen LogP contribution is 2.31. The molecule has 1 amide bonds. The van der Waals surface area contributed by atoms with E-state index in [1.165, 1.54) is 0 Å². The number of hydrogen-bond donors (Lipinski definition) is 1. The first-order valence-corrected chi connectivity index (χ1v) is 6.34. The van der Waals surface area contributed by atoms with Gasteiger partial charge in [-0.2, -0.15) is 0 Å². The van der Waals surface area contributed by atoms with Gasteiger partial charge in [-0.15, -0.1) is 0 Å². The predicted octanol–water partition coefficient (Wildman–Crippen LogP) is 2.81. The number of nitrogens with two attached hydrogens (primary N) is 1. The van der Waals surface area contributed by atoms with Gasteiger partial charge in [-0.1, -0.05) is 13.8 Å². The van der Waals surface area contributed by atoms with Gasteiger partial charge in [0.2, 0.25) is 0 Å². The smallest absolute Gasteiger partial charge is 0.256 e. The van der Waals surface area contributed by atoms with Crippen LogP contribution in [0.2, 0.25) is 0 Å². The van der Waals surface area contributed by atoms with Crippen molar-refractivity contribution in [2.45, 2.75) is 26.7 Å². The van der Waals surface area contributed by atoms with E-state index in [0.29, 0.717) is 13.1 Å². The van der Waals surface area contributed by atoms with Crippen molar-refractivity contribution in [3.8, 4) is 0 Å². The van der Waals surface area contributed by atoms with Gasteiger partial charge in [-0.3, -0.25) is 4.79 Å². The highest BCUT2D eigenvalue weighted by atomic mass is 19.2. The lowest BCUT2D eigenvalue weighted by molar-refractivity contribution is 0.0631. The molecule has 2 N–H and O–H groups in total. The Kier molecular flexibility index (Phi) is 3.47. The summed E-state index contributed by atoms with van der Waals surface area (Å²) in [4.78, 5) is 13.9. The minimum absolute atomic E-state index is 0.0197. The average Bonchev–Trinajstić information content (AvgIpc) is 2.33. The van der Waals surface area contributed by atoms with Crippen molar-refractivity contribution in [1.82, 2.24) is 4.90 Å². The van der Waals surface area contributed by atoms with E-state index >= 15 is 0 Å². The van der Waals surface area contributed by atoms with Gasteiger partial charge in [-0.25, -0.2) is 8.78 Å². The molecule has 1 saturated heterocycles. The molecule has 104 valence electrons. The summed E-state index contributed by atoms with van der Waals surface area (Å²) < 4.78 is 26.2. The number of hydrogen-bond acceptors (Lipinski definition) is 2. The van der Waals surface area contributed by atoms with Gasteiger partial charge in [0, 0.05) is 24.8 Å². The number of carbonyl (C=O) groups excluding carboxylic acids is 1. The summed E-state index contributed by atoms with van der Waals surface area (Å²) in [5.74, 6) is -2.41. The molecule has 3 nitrogen and oxygen atoms in total. The normalized spacial score (nSPS) is 18.4. The van der Waals surface area contributed by atoms with Crippen LogP contribution in [0, 0.1) is 17.0 Å². The van der Waals surface area contributed by atoms with Crippen LogP contribution in [-0.2, 0) is 0 Å². The lowest BCUT2D eigenvalue weighted by Crippen LogP contribution is -2.41. The number of nitrogens with zero attached hydrogens (tertiary/aromatic N) is 1. The molecule has 1 aliphatic rings. The first kappa shape index (κ1) is 13.8. The molecule has 1 heterocycles. The zero-order valence-electron chi connectivity index (χ0n) is 11.2. The highest BCUT2D eigenvalue weighted by molar-refractivity contribution is 5.99. The topological polar surface area (TPSA) is 46.3 Å². The number of likely N-dealkylation sites (tertiary alicyclic amines) is 1. The summed E-state index contributed by atoms with van der Waals surface area (Å²) in [6.45, 7) is 5.54. The van der Waals surface area contributed by atoms with Gasteiger partial charge in [-0.05, 0) is 24.3 Å². The van der Waals surface area contributed by atoms with Crippen molar-refractivity contribution in [2.24, 2.45) is 5.41 Å². The van der Waals surface area contributed by atoms with Crippen molar-refractivity contribution in [3.05, 3.63) is 29.3 Å². The van der Waals surface area contributed by atoms with E-state index in [4.69, 9.17) is 5.73 Å². The Balaban J connectivity index is 2.19. The summed E-state index contributed by atoms with van der Waals surface area (Å²) in [6, 6.07) is 1.74. The molecule has 1 fully saturated rings. The number of carbonyl (C=O) groups is 1. The molecule has 0 spiro atoms. The van der Waals surface area contributed by atoms with Crippen LogP contribution in [0.25, 0.3) is 0 Å². The molecule has 0 aromatic heterocycles. The maximum Gasteiger partial charge on any atom is 0.256 e. The van der Waals surface area contributed by atoms with Crippen molar-refractivity contribution in [3.63, 3.8) is 0 Å². The highest BCUT2D eigenvalue weighted by Gasteiger charge is 2.29. The van der Waals surface area contributed by atoms with E-state index in [-0.39, 0.29) is 22.6 Å². The number of nitrogen functional groups attached to an aromatic ring is 1. The van der Waals surface area contributed by atoms with Crippen LogP contribution in [0.5, 0.6) is 0 Å². The van der Waals surface area contributed by atoms with Crippen LogP contribution in [0.15, 0.2) is 12.1 Å². The molecule has 1 aromatic carbocycles. The third-order valence-corrected chi connectivity index (χ3v) is 3.73. The second kappa shape index (κ2) is 4.79. The molecule has 0 radical (unpaired) electrons. The molecule has 19 heavy (non-hydrogen) atoms. The fraction of sp³-hybridized carbons (Fsp3) is 0.500. The molecule has 0 atom stereocenters. The number of rotatable bonds is 1. The van der Waals surface area contributed by atoms with Gasteiger partial charge in [0.1, 0.15) is 0 Å². The van der Waals surface area contributed by atoms with Crippen LogP contribution in [0.4, 0.5) is 14.5 Å². The fourth-order valence-corrected chi connectivity index (χ4v) is 2.23. The summed E-state index contributed by atoms with van der Waals surface area (Å²) >= 11 is 0. The molecule has 2 rings (SSSR count). The van der Waals surface area contributed by atoms with Gasteiger partial charge >= 0.3 is 0 Å². The molecule has 0 bridgehead atoms. The van der Waals surface area contributed by atoms with Crippen LogP contribution >= 0.6 is 0 Å². The van der Waals surface area contributed by atoms with E-state index in [0.717, 1.165) is 25.0 Å². The molecule has 1 aliphatic heterocycles. The number of amides is 1. The van der Waals surface area contributed by atoms with Crippen LogP contribution in [-0.4, -0.2) is 23.9 Å². The van der Waals surface area contributed by atoms with Gasteiger partial charge in [0.15, 0.2) is 11.6 Å². The fourth-order valence-electron chi connectivity index (χ4n) is 2.23. The average molecular weight is 268 g/mol. The van der Waals surface area contributed by atoms with Crippen LogP contribution in [0.3, 0.4) is 0 Å². The van der Waals surface area contributed by atoms with Crippen molar-refractivity contribution < 1.29 is 13.6 Å². The number of halogens is 2. The largest absolute Gasteiger partial charge is 0.398 e. The molecule has 5 heteroatoms. The minimum atomic E-state index is -1.05. The van der Waals surface area contributed by atoms with E-state index in [1.54, 1.807) is 4.90 Å². The Morgan fingerprint density at radius 3 is 2.32 bits per heavy atom. The van der Waals surface area contributed by atoms with E-state index in [1.807, 2.05) is 0 Å². The zero-order chi connectivity index (χ0) is 14.2. The maximum atomic E-state index is 13.2. The summed E-state index contributed by atoms with van der Waals surface area (Å²) in [5, 5.41) is 0. The predicted molar refractivity (Wildman–Crippen MR) is 69.7 cm³/mol. The lowest BCUT2D eigenvalue weighted by atomic mass is 9.82. The molecule has 0 unspecified atom stereocenters. The standard InChI is InChI=1S/C14H18F2N2O/c1-14(2)3-5-18(6-4-14)13(19)9-7-10(15)11(16)8-12(9)17/h7-8H,3-6,17H2,1-2H3. The molecular formula is C14H18F2N2O. The monoisotopic (exact) mass is 268 g/mol. The van der Waals surface area contributed by atoms with Crippen molar-refractivity contribution >= 4 is 11.6 Å². The Hall–Kier alpha value is -1.65. The Labute approximate surface area is 111 Å². The number of piperidine rings is 1. The zero-order valence-corrected chi connectivity index (χ0v) is 11.2. The molecular weight excluding hydrogens is 250 g/mol. The maximum absolute atomic E-state index is 13.2. The summed E-state index contributed by atoms with van der Waals surface area (Å²) in [7, 11) is 0. The Morgan fingerprint density at radius 2 is 1.74 bits per heavy atom. The molecule has 0 saturated carbocycles. The third kappa shape index (κ3) is 2.85. The van der Waals surface area contributed by atoms with Crippen molar-refractivity contribution in [1.29, 1.82) is 0 Å². The van der Waals surface area contributed by atoms with Crippen LogP contribution < -0.4 is 5.73 Å². The summed E-state index contributed by atoms with van der Waals surface area (Å²) in [6.07, 6.45) is 1.78. The van der Waals surface area contributed by atoms with Crippen molar-refractivity contribution in [2.75, 3.05) is 18.8 Å². The second-order valence-corrected chi connectivity index (χ2v) is 5.81. The van der Waals surface area contributed by atoms with E-state index < -0.39 is 11.6 Å². The van der Waals surface area contributed by atoms with Crippen LogP contribution in [0.1, 0.15) is 37.0 Å². The van der Waals surface area contributed by atoms with E-state index in [9.17, 15) is 13.6 Å². The third-order valence-electron chi connectivity index (χ3n) is 3.73. The van der Waals surface area contributed by atoms with Gasteiger partial charge < -0.3 is 10.6 Å². The minimum Gasteiger partial charge on any atom is -0.398 e. The first-order valence-electron chi connectivity index (χ1n) is 6.34. The quantitative estimate of drug-likeness (QED) is 0.796.